The fourth-order valence-electron chi connectivity index (χ4n) is 5.22. The molecule has 3 aromatic carbocycles. The molecule has 2 N–H and O–H groups in total. The number of benzene rings is 3. The van der Waals surface area contributed by atoms with Gasteiger partial charge >= 0.3 is 0 Å². The largest absolute Gasteiger partial charge is 0.487 e. The quantitative estimate of drug-likeness (QED) is 0.131. The minimum absolute atomic E-state index is 0. The Labute approximate surface area is 315 Å². The van der Waals surface area contributed by atoms with Crippen molar-refractivity contribution in [2.24, 2.45) is 0 Å². The molecule has 3 aromatic heterocycles. The van der Waals surface area contributed by atoms with Gasteiger partial charge in [0.05, 0.1) is 29.3 Å². The second-order valence-corrected chi connectivity index (χ2v) is 12.2. The number of hydrogen-bond acceptors (Lipinski definition) is 7. The number of ether oxygens (including phenoxy) is 1. The van der Waals surface area contributed by atoms with E-state index >= 15 is 0 Å². The molecular formula is C38H32Cl3N7O4. The van der Waals surface area contributed by atoms with Gasteiger partial charge in [0.2, 0.25) is 11.8 Å². The summed E-state index contributed by atoms with van der Waals surface area (Å²) in [5.74, 6) is -0.603. The summed E-state index contributed by atoms with van der Waals surface area (Å²) in [6.45, 7) is 1.65. The zero-order valence-corrected chi connectivity index (χ0v) is 30.2. The molecule has 0 spiro atoms. The number of fused-ring (bicyclic) bond motifs is 1. The third kappa shape index (κ3) is 8.75. The van der Waals surface area contributed by atoms with Gasteiger partial charge in [-0.15, -0.1) is 12.4 Å². The number of nitrogens with one attached hydrogen (secondary N) is 2. The number of aromatic nitrogens is 4. The first-order valence-corrected chi connectivity index (χ1v) is 16.5. The molecule has 52 heavy (non-hydrogen) atoms. The summed E-state index contributed by atoms with van der Waals surface area (Å²) in [5, 5.41) is 6.87. The van der Waals surface area contributed by atoms with Gasteiger partial charge in [-0.05, 0) is 67.1 Å². The van der Waals surface area contributed by atoms with Crippen molar-refractivity contribution in [2.75, 3.05) is 23.8 Å². The van der Waals surface area contributed by atoms with Crippen molar-refractivity contribution in [1.29, 1.82) is 0 Å². The molecule has 6 rings (SSSR count). The van der Waals surface area contributed by atoms with Crippen LogP contribution in [0.2, 0.25) is 10.0 Å². The molecule has 6 aromatic rings. The van der Waals surface area contributed by atoms with Gasteiger partial charge in [0.15, 0.2) is 0 Å². The fraction of sp³-hybridized carbons (Fsp3) is 0.105. The third-order valence-electron chi connectivity index (χ3n) is 7.92. The Kier molecular flexibility index (Phi) is 12.2. The average molecular weight is 757 g/mol. The van der Waals surface area contributed by atoms with Crippen molar-refractivity contribution in [3.63, 3.8) is 0 Å². The smallest absolute Gasteiger partial charge is 0.255 e. The Morgan fingerprint density at radius 3 is 2.46 bits per heavy atom. The molecule has 0 saturated carbocycles. The fourth-order valence-corrected chi connectivity index (χ4v) is 5.82. The number of hydrogen-bond donors (Lipinski definition) is 2. The van der Waals surface area contributed by atoms with Gasteiger partial charge < -0.3 is 24.8 Å². The van der Waals surface area contributed by atoms with Gasteiger partial charge in [0, 0.05) is 70.8 Å². The van der Waals surface area contributed by atoms with Crippen LogP contribution in [0.25, 0.3) is 22.7 Å². The van der Waals surface area contributed by atoms with Gasteiger partial charge in [-0.3, -0.25) is 19.4 Å². The second-order valence-electron chi connectivity index (χ2n) is 11.4. The predicted molar refractivity (Wildman–Crippen MR) is 206 cm³/mol. The second kappa shape index (κ2) is 17.0. The standard InChI is InChI=1S/C38H31Cl2N7O4.ClH/c1-24-20-32(47-19-18-42-23-47)28-4-3-5-33(37(28)44-24)51-22-29-30(39)11-12-31(36(29)40)46(2)35(49)21-43-34(48)13-8-25-6-9-26(10-7-25)38(50)45-27-14-16-41-17-15-27;/h3-20,23H,21-22H2,1-2H3,(H,43,48)(H,41,45,50);1H/b13-8+;. The molecule has 11 nitrogen and oxygen atoms in total. The van der Waals surface area contributed by atoms with Gasteiger partial charge in [0.25, 0.3) is 5.91 Å². The predicted octanol–water partition coefficient (Wildman–Crippen LogP) is 7.48. The molecular weight excluding hydrogens is 725 g/mol. The molecule has 0 atom stereocenters. The van der Waals surface area contributed by atoms with Crippen LogP contribution in [0.3, 0.4) is 0 Å². The Balaban J connectivity index is 0.00000523. The van der Waals surface area contributed by atoms with Crippen LogP contribution < -0.4 is 20.3 Å². The lowest BCUT2D eigenvalue weighted by Gasteiger charge is -2.21. The van der Waals surface area contributed by atoms with Gasteiger partial charge in [-0.1, -0.05) is 47.5 Å². The Morgan fingerprint density at radius 2 is 1.73 bits per heavy atom. The number of carbonyl (C=O) groups excluding carboxylic acids is 3. The average Bonchev–Trinajstić information content (AvgIpc) is 3.68. The number of rotatable bonds is 11. The highest BCUT2D eigenvalue weighted by molar-refractivity contribution is 6.38. The number of aryl methyl sites for hydroxylation is 1. The van der Waals surface area contributed by atoms with Crippen LogP contribution in [0.5, 0.6) is 5.75 Å². The molecule has 0 aliphatic carbocycles. The van der Waals surface area contributed by atoms with E-state index in [4.69, 9.17) is 32.9 Å². The van der Waals surface area contributed by atoms with E-state index < -0.39 is 11.8 Å². The van der Waals surface area contributed by atoms with E-state index in [2.05, 4.69) is 20.6 Å². The minimum Gasteiger partial charge on any atom is -0.487 e. The van der Waals surface area contributed by atoms with Crippen LogP contribution in [-0.2, 0) is 16.2 Å². The summed E-state index contributed by atoms with van der Waals surface area (Å²) in [4.78, 5) is 52.3. The van der Waals surface area contributed by atoms with Crippen LogP contribution in [0.4, 0.5) is 11.4 Å². The van der Waals surface area contributed by atoms with Crippen LogP contribution in [0.15, 0.2) is 110 Å². The molecule has 3 amide bonds. The van der Waals surface area contributed by atoms with Crippen LogP contribution in [0.1, 0.15) is 27.2 Å². The number of halogens is 3. The maximum Gasteiger partial charge on any atom is 0.255 e. The molecule has 264 valence electrons. The van der Waals surface area contributed by atoms with Gasteiger partial charge in [-0.2, -0.15) is 0 Å². The molecule has 0 aliphatic rings. The zero-order chi connectivity index (χ0) is 35.9. The summed E-state index contributed by atoms with van der Waals surface area (Å²) >= 11 is 13.3. The SMILES string of the molecule is Cc1cc(-n2ccnc2)c2cccc(OCc3c(Cl)ccc(N(C)C(=O)CNC(=O)/C=C/c4ccc(C(=O)Nc5ccncc5)cc4)c3Cl)c2n1.Cl. The van der Waals surface area contributed by atoms with Crippen molar-refractivity contribution in [3.05, 3.63) is 142 Å². The summed E-state index contributed by atoms with van der Waals surface area (Å²) in [6, 6.07) is 21.0. The van der Waals surface area contributed by atoms with E-state index in [1.807, 2.05) is 42.0 Å². The number of anilines is 2. The highest BCUT2D eigenvalue weighted by atomic mass is 35.5. The first-order chi connectivity index (χ1) is 24.7. The van der Waals surface area contributed by atoms with E-state index in [1.165, 1.54) is 11.0 Å². The van der Waals surface area contributed by atoms with Crippen LogP contribution >= 0.6 is 35.6 Å². The summed E-state index contributed by atoms with van der Waals surface area (Å²) in [6.07, 6.45) is 11.4. The molecule has 0 fully saturated rings. The normalized spacial score (nSPS) is 10.8. The first kappa shape index (κ1) is 37.5. The molecule has 0 unspecified atom stereocenters. The summed E-state index contributed by atoms with van der Waals surface area (Å²) in [7, 11) is 1.56. The number of nitrogens with zero attached hydrogens (tertiary/aromatic N) is 5. The van der Waals surface area contributed by atoms with Crippen LogP contribution in [0, 0.1) is 6.92 Å². The Bertz CT molecular complexity index is 2250. The van der Waals surface area contributed by atoms with Gasteiger partial charge in [-0.25, -0.2) is 9.97 Å². The molecule has 0 saturated heterocycles. The topological polar surface area (TPSA) is 131 Å². The lowest BCUT2D eigenvalue weighted by molar-refractivity contribution is -0.122. The molecule has 3 heterocycles. The number of likely N-dealkylation sites (N-methyl/N-ethyl adjacent to an activating group) is 1. The number of para-hydroxylation sites is 1. The monoisotopic (exact) mass is 755 g/mol. The lowest BCUT2D eigenvalue weighted by Crippen LogP contribution is -2.37. The molecule has 0 bridgehead atoms. The number of pyridine rings is 2. The molecule has 0 aliphatic heterocycles. The highest BCUT2D eigenvalue weighted by Gasteiger charge is 2.20. The van der Waals surface area contributed by atoms with Crippen molar-refractivity contribution < 1.29 is 19.1 Å². The zero-order valence-electron chi connectivity index (χ0n) is 27.9. The van der Waals surface area contributed by atoms with E-state index in [1.54, 1.807) is 86.6 Å². The number of carbonyl (C=O) groups is 3. The minimum atomic E-state index is -0.470. The van der Waals surface area contributed by atoms with Crippen LogP contribution in [-0.4, -0.2) is 50.8 Å². The van der Waals surface area contributed by atoms with E-state index in [0.29, 0.717) is 44.4 Å². The Morgan fingerprint density at radius 1 is 0.962 bits per heavy atom. The molecule has 0 radical (unpaired) electrons. The number of amides is 3. The first-order valence-electron chi connectivity index (χ1n) is 15.7. The number of imidazole rings is 1. The van der Waals surface area contributed by atoms with Crippen molar-refractivity contribution in [2.45, 2.75) is 13.5 Å². The summed E-state index contributed by atoms with van der Waals surface area (Å²) < 4.78 is 8.14. The maximum absolute atomic E-state index is 13.1. The van der Waals surface area contributed by atoms with E-state index in [0.717, 1.165) is 16.8 Å². The van der Waals surface area contributed by atoms with E-state index in [-0.39, 0.29) is 36.5 Å². The highest BCUT2D eigenvalue weighted by Crippen LogP contribution is 2.36. The summed E-state index contributed by atoms with van der Waals surface area (Å²) in [5.41, 5.74) is 5.07. The Hall–Kier alpha value is -5.75. The van der Waals surface area contributed by atoms with Crippen molar-refractivity contribution >= 4 is 81.7 Å². The van der Waals surface area contributed by atoms with Crippen molar-refractivity contribution in [3.8, 4) is 11.4 Å². The van der Waals surface area contributed by atoms with E-state index in [9.17, 15) is 14.4 Å². The maximum atomic E-state index is 13.1. The molecule has 14 heteroatoms. The third-order valence-corrected chi connectivity index (χ3v) is 8.69. The lowest BCUT2D eigenvalue weighted by atomic mass is 10.1. The van der Waals surface area contributed by atoms with Gasteiger partial charge in [0.1, 0.15) is 17.9 Å². The van der Waals surface area contributed by atoms with Crippen molar-refractivity contribution in [1.82, 2.24) is 24.8 Å².